The number of ketones is 1. The van der Waals surface area contributed by atoms with E-state index in [2.05, 4.69) is 4.74 Å². The number of ether oxygens (including phenoxy) is 1. The number of carbonyl (C=O) groups excluding carboxylic acids is 1. The van der Waals surface area contributed by atoms with Gasteiger partial charge in [-0.05, 0) is 23.8 Å². The van der Waals surface area contributed by atoms with E-state index in [1.165, 1.54) is 7.11 Å². The second kappa shape index (κ2) is 6.04. The van der Waals surface area contributed by atoms with Crippen LogP contribution < -0.4 is 0 Å². The molecule has 1 rings (SSSR count). The fourth-order valence-corrected chi connectivity index (χ4v) is 1.74. The number of Topliss-reactive ketones (excluding diaryl/α,β-unsaturated/α-hetero) is 1. The normalized spacial score (nSPS) is 12.8. The smallest absolute Gasteiger partial charge is 0.377 e. The Morgan fingerprint density at radius 2 is 2.11 bits per heavy atom. The van der Waals surface area contributed by atoms with E-state index in [1.807, 2.05) is 0 Å². The zero-order valence-electron chi connectivity index (χ0n) is 9.79. The quantitative estimate of drug-likeness (QED) is 0.856. The van der Waals surface area contributed by atoms with Crippen LogP contribution in [0.1, 0.15) is 17.0 Å². The Kier molecular flexibility index (Phi) is 4.92. The van der Waals surface area contributed by atoms with Crippen molar-refractivity contribution in [2.24, 2.45) is 0 Å². The summed E-state index contributed by atoms with van der Waals surface area (Å²) in [6.45, 7) is -0.355. The number of hydrogen-bond acceptors (Lipinski definition) is 3. The van der Waals surface area contributed by atoms with Gasteiger partial charge in [-0.1, -0.05) is 11.6 Å². The van der Waals surface area contributed by atoms with Crippen molar-refractivity contribution in [2.75, 3.05) is 13.7 Å². The maximum atomic E-state index is 12.6. The molecule has 0 saturated carbocycles. The Bertz CT molecular complexity index is 523. The minimum Gasteiger partial charge on any atom is -0.377 e. The Morgan fingerprint density at radius 3 is 2.58 bits per heavy atom. The average Bonchev–Trinajstić information content (AvgIpc) is 2.28. The summed E-state index contributed by atoms with van der Waals surface area (Å²) in [5, 5.41) is 8.73. The first-order valence-electron chi connectivity index (χ1n) is 5.08. The summed E-state index contributed by atoms with van der Waals surface area (Å²) in [7, 11) is 1.26. The molecule has 3 nitrogen and oxygen atoms in total. The topological polar surface area (TPSA) is 50.1 Å². The molecule has 102 valence electrons. The zero-order valence-corrected chi connectivity index (χ0v) is 10.5. The number of benzene rings is 1. The van der Waals surface area contributed by atoms with Gasteiger partial charge in [-0.25, -0.2) is 0 Å². The first-order valence-corrected chi connectivity index (χ1v) is 5.46. The summed E-state index contributed by atoms with van der Waals surface area (Å²) in [5.41, 5.74) is -1.09. The number of hydrogen-bond donors (Lipinski definition) is 0. The lowest BCUT2D eigenvalue weighted by Gasteiger charge is -2.12. The number of rotatable bonds is 4. The largest absolute Gasteiger partial charge is 0.416 e. The molecular formula is C12H9ClF3NO2. The van der Waals surface area contributed by atoms with Gasteiger partial charge < -0.3 is 4.74 Å². The minimum absolute atomic E-state index is 0.0932. The fourth-order valence-electron chi connectivity index (χ4n) is 1.50. The molecule has 0 aliphatic carbocycles. The van der Waals surface area contributed by atoms with Gasteiger partial charge in [0.15, 0.2) is 5.78 Å². The van der Waals surface area contributed by atoms with E-state index in [9.17, 15) is 18.0 Å². The Balaban J connectivity index is 3.23. The molecule has 0 saturated heterocycles. The lowest BCUT2D eigenvalue weighted by atomic mass is 9.95. The van der Waals surface area contributed by atoms with Gasteiger partial charge in [-0.2, -0.15) is 18.4 Å². The van der Waals surface area contributed by atoms with Crippen molar-refractivity contribution in [1.29, 1.82) is 5.26 Å². The van der Waals surface area contributed by atoms with Crippen LogP contribution in [0.25, 0.3) is 0 Å². The third-order valence-electron chi connectivity index (χ3n) is 2.32. The Labute approximate surface area is 112 Å². The highest BCUT2D eigenvalue weighted by atomic mass is 35.5. The molecule has 0 radical (unpaired) electrons. The molecular weight excluding hydrogens is 283 g/mol. The van der Waals surface area contributed by atoms with Crippen LogP contribution in [0.15, 0.2) is 18.2 Å². The van der Waals surface area contributed by atoms with E-state index in [-0.39, 0.29) is 17.2 Å². The highest BCUT2D eigenvalue weighted by Gasteiger charge is 2.32. The number of methoxy groups -OCH3 is 1. The molecule has 1 aromatic carbocycles. The fraction of sp³-hybridized carbons (Fsp3) is 0.333. The number of carbonyl (C=O) groups is 1. The second-order valence-electron chi connectivity index (χ2n) is 3.73. The minimum atomic E-state index is -4.59. The molecule has 7 heteroatoms. The van der Waals surface area contributed by atoms with Crippen LogP contribution in [0.5, 0.6) is 0 Å². The summed E-state index contributed by atoms with van der Waals surface area (Å²) in [6, 6.07) is 4.30. The molecule has 0 amide bonds. The highest BCUT2D eigenvalue weighted by molar-refractivity contribution is 6.30. The van der Waals surface area contributed by atoms with E-state index in [0.717, 1.165) is 18.2 Å². The van der Waals surface area contributed by atoms with Gasteiger partial charge in [0, 0.05) is 12.1 Å². The Morgan fingerprint density at radius 1 is 1.47 bits per heavy atom. The summed E-state index contributed by atoms with van der Waals surface area (Å²) in [4.78, 5) is 11.6. The van der Waals surface area contributed by atoms with Crippen molar-refractivity contribution in [3.63, 3.8) is 0 Å². The van der Waals surface area contributed by atoms with Crippen LogP contribution in [0, 0.1) is 11.3 Å². The standard InChI is InChI=1S/C12H9ClF3NO2/c1-19-6-11(18)10(5-17)7-2-8(12(14,15)16)4-9(13)3-7/h2-4,10H,6H2,1H3. The van der Waals surface area contributed by atoms with E-state index in [4.69, 9.17) is 16.9 Å². The molecule has 0 spiro atoms. The molecule has 1 unspecified atom stereocenters. The van der Waals surface area contributed by atoms with Crippen LogP contribution >= 0.6 is 11.6 Å². The molecule has 0 aromatic heterocycles. The van der Waals surface area contributed by atoms with Crippen LogP contribution in [0.4, 0.5) is 13.2 Å². The monoisotopic (exact) mass is 291 g/mol. The highest BCUT2D eigenvalue weighted by Crippen LogP contribution is 2.33. The van der Waals surface area contributed by atoms with Gasteiger partial charge >= 0.3 is 6.18 Å². The molecule has 1 atom stereocenters. The second-order valence-corrected chi connectivity index (χ2v) is 4.17. The maximum Gasteiger partial charge on any atom is 0.416 e. The first-order chi connectivity index (χ1) is 8.79. The van der Waals surface area contributed by atoms with Crippen molar-refractivity contribution in [3.8, 4) is 6.07 Å². The van der Waals surface area contributed by atoms with Gasteiger partial charge in [0.25, 0.3) is 0 Å². The van der Waals surface area contributed by atoms with Crippen molar-refractivity contribution in [3.05, 3.63) is 34.3 Å². The molecule has 0 aliphatic rings. The molecule has 0 N–H and O–H groups in total. The summed E-state index contributed by atoms with van der Waals surface area (Å²) >= 11 is 5.59. The molecule has 19 heavy (non-hydrogen) atoms. The van der Waals surface area contributed by atoms with Crippen LogP contribution in [-0.2, 0) is 15.7 Å². The Hall–Kier alpha value is -1.58. The number of alkyl halides is 3. The zero-order chi connectivity index (χ0) is 14.6. The number of nitriles is 1. The molecule has 0 aliphatic heterocycles. The van der Waals surface area contributed by atoms with Gasteiger partial charge in [-0.15, -0.1) is 0 Å². The molecule has 0 bridgehead atoms. The number of nitrogens with zero attached hydrogens (tertiary/aromatic N) is 1. The number of halogens is 4. The van der Waals surface area contributed by atoms with E-state index < -0.39 is 23.4 Å². The van der Waals surface area contributed by atoms with Gasteiger partial charge in [0.1, 0.15) is 12.5 Å². The molecule has 0 fully saturated rings. The summed E-state index contributed by atoms with van der Waals surface area (Å²) in [5.74, 6) is -1.96. The predicted molar refractivity (Wildman–Crippen MR) is 61.7 cm³/mol. The summed E-state index contributed by atoms with van der Waals surface area (Å²) in [6.07, 6.45) is -4.59. The lowest BCUT2D eigenvalue weighted by molar-refractivity contribution is -0.137. The predicted octanol–water partition coefficient (Wildman–Crippen LogP) is 3.18. The molecule has 0 heterocycles. The van der Waals surface area contributed by atoms with Gasteiger partial charge in [0.05, 0.1) is 11.6 Å². The van der Waals surface area contributed by atoms with Crippen molar-refractivity contribution in [1.82, 2.24) is 0 Å². The van der Waals surface area contributed by atoms with Crippen LogP contribution in [0.2, 0.25) is 5.02 Å². The van der Waals surface area contributed by atoms with Crippen molar-refractivity contribution < 1.29 is 22.7 Å². The third-order valence-corrected chi connectivity index (χ3v) is 2.54. The van der Waals surface area contributed by atoms with E-state index in [0.29, 0.717) is 0 Å². The first kappa shape index (κ1) is 15.5. The average molecular weight is 292 g/mol. The third kappa shape index (κ3) is 3.94. The molecule has 1 aromatic rings. The van der Waals surface area contributed by atoms with Crippen LogP contribution in [0.3, 0.4) is 0 Å². The van der Waals surface area contributed by atoms with Crippen molar-refractivity contribution in [2.45, 2.75) is 12.1 Å². The van der Waals surface area contributed by atoms with Crippen LogP contribution in [-0.4, -0.2) is 19.5 Å². The SMILES string of the molecule is COCC(=O)C(C#N)c1cc(Cl)cc(C(F)(F)F)c1. The summed E-state index contributed by atoms with van der Waals surface area (Å²) < 4.78 is 42.4. The maximum absolute atomic E-state index is 12.6. The van der Waals surface area contributed by atoms with Gasteiger partial charge in [-0.3, -0.25) is 4.79 Å². The van der Waals surface area contributed by atoms with Crippen molar-refractivity contribution >= 4 is 17.4 Å². The lowest BCUT2D eigenvalue weighted by Crippen LogP contribution is -2.17. The van der Waals surface area contributed by atoms with Gasteiger partial charge in [0.2, 0.25) is 0 Å². The van der Waals surface area contributed by atoms with E-state index >= 15 is 0 Å². The van der Waals surface area contributed by atoms with E-state index in [1.54, 1.807) is 6.07 Å².